The number of hydrogen-bond acceptors (Lipinski definition) is 18. The van der Waals surface area contributed by atoms with Crippen LogP contribution in [0.15, 0.2) is 141 Å². The lowest BCUT2D eigenvalue weighted by Crippen LogP contribution is -2.44. The Hall–Kier alpha value is -10.2. The molecule has 3 saturated heterocycles. The van der Waals surface area contributed by atoms with Crippen molar-refractivity contribution in [3.63, 3.8) is 0 Å². The Kier molecular flexibility index (Phi) is 19.0. The summed E-state index contributed by atoms with van der Waals surface area (Å²) >= 11 is 0. The Balaban J connectivity index is 0.594. The Labute approximate surface area is 583 Å². The third-order valence-corrected chi connectivity index (χ3v) is 20.7. The van der Waals surface area contributed by atoms with Gasteiger partial charge in [0.1, 0.15) is 40.7 Å². The zero-order valence-corrected chi connectivity index (χ0v) is 56.8. The average Bonchev–Trinajstić information content (AvgIpc) is 1.50. The molecule has 10 aromatic rings. The second kappa shape index (κ2) is 28.8. The normalized spacial score (nSPS) is 18.0. The summed E-state index contributed by atoms with van der Waals surface area (Å²) in [5.41, 5.74) is 7.10. The highest BCUT2D eigenvalue weighted by molar-refractivity contribution is 6.05. The largest absolute Gasteiger partial charge is 0.366 e. The van der Waals surface area contributed by atoms with Gasteiger partial charge in [0.05, 0.1) is 60.0 Å². The van der Waals surface area contributed by atoms with Gasteiger partial charge in [0.15, 0.2) is 0 Å². The molecule has 5 aliphatic rings. The van der Waals surface area contributed by atoms with Gasteiger partial charge in [-0.1, -0.05) is 24.3 Å². The molecule has 2 atom stereocenters. The van der Waals surface area contributed by atoms with Gasteiger partial charge >= 0.3 is 0 Å². The summed E-state index contributed by atoms with van der Waals surface area (Å²) in [6, 6.07) is 28.5. The molecule has 6 N–H and O–H groups in total. The molecular weight excluding hydrogens is 1280 g/mol. The fourth-order valence-electron chi connectivity index (χ4n) is 14.6. The number of hydrogen-bond donors (Lipinski definition) is 6. The van der Waals surface area contributed by atoms with E-state index in [1.165, 1.54) is 24.3 Å². The molecule has 0 bridgehead atoms. The van der Waals surface area contributed by atoms with Crippen LogP contribution in [0, 0.1) is 17.7 Å². The highest BCUT2D eigenvalue weighted by atomic mass is 19.3. The lowest BCUT2D eigenvalue weighted by molar-refractivity contribution is -0.145. The van der Waals surface area contributed by atoms with Gasteiger partial charge in [-0.25, -0.2) is 43.1 Å². The summed E-state index contributed by atoms with van der Waals surface area (Å²) in [7, 11) is 2.15. The van der Waals surface area contributed by atoms with Crippen LogP contribution in [0.1, 0.15) is 99.7 Å². The first kappa shape index (κ1) is 66.7. The number of nitrogens with one attached hydrogen (secondary N) is 6. The number of alkyl halides is 2. The van der Waals surface area contributed by atoms with Crippen molar-refractivity contribution >= 4 is 84.9 Å². The zero-order chi connectivity index (χ0) is 69.3. The van der Waals surface area contributed by atoms with E-state index in [4.69, 9.17) is 29.9 Å². The summed E-state index contributed by atoms with van der Waals surface area (Å²) in [5, 5.41) is 25.3. The highest BCUT2D eigenvalue weighted by Crippen LogP contribution is 2.43. The predicted molar refractivity (Wildman–Crippen MR) is 387 cm³/mol. The second-order valence-electron chi connectivity index (χ2n) is 28.2. The number of carbonyl (C=O) groups is 3. The molecule has 9 heterocycles. The lowest BCUT2D eigenvalue weighted by atomic mass is 9.81. The Bertz CT molecular complexity index is 4720. The van der Waals surface area contributed by atoms with Crippen molar-refractivity contribution in [3.8, 4) is 33.8 Å². The van der Waals surface area contributed by atoms with Crippen LogP contribution in [0.25, 0.3) is 66.1 Å². The number of benzene rings is 4. The highest BCUT2D eigenvalue weighted by Gasteiger charge is 2.49. The van der Waals surface area contributed by atoms with Crippen LogP contribution in [-0.4, -0.2) is 160 Å². The van der Waals surface area contributed by atoms with Crippen LogP contribution in [0.3, 0.4) is 0 Å². The molecule has 0 radical (unpaired) electrons. The number of fused-ring (bicyclic) bond motifs is 3. The minimum absolute atomic E-state index is 0.00141. The van der Waals surface area contributed by atoms with E-state index in [0.717, 1.165) is 175 Å². The molecule has 3 amide bonds. The van der Waals surface area contributed by atoms with E-state index in [2.05, 4.69) is 113 Å². The van der Waals surface area contributed by atoms with Gasteiger partial charge in [0.2, 0.25) is 17.7 Å². The van der Waals surface area contributed by atoms with E-state index in [0.29, 0.717) is 52.8 Å². The second-order valence-corrected chi connectivity index (χ2v) is 28.2. The third-order valence-electron chi connectivity index (χ3n) is 20.7. The smallest absolute Gasteiger partial charge is 0.256 e. The molecule has 2 aliphatic carbocycles. The first-order valence-electron chi connectivity index (χ1n) is 35.2. The van der Waals surface area contributed by atoms with Crippen molar-refractivity contribution in [3.05, 3.63) is 163 Å². The maximum Gasteiger partial charge on any atom is 0.256 e. The molecule has 21 nitrogen and oxygen atoms in total. The molecule has 2 unspecified atom stereocenters. The lowest BCUT2D eigenvalue weighted by Gasteiger charge is -2.36. The van der Waals surface area contributed by atoms with Crippen molar-refractivity contribution in [2.45, 2.75) is 127 Å². The number of pyridine rings is 3. The molecule has 3 aliphatic heterocycles. The molecule has 4 aromatic carbocycles. The number of anilines is 6. The summed E-state index contributed by atoms with van der Waals surface area (Å²) in [6.45, 7) is 9.97. The van der Waals surface area contributed by atoms with Gasteiger partial charge in [-0.05, 0) is 180 Å². The first-order chi connectivity index (χ1) is 49.0. The Morgan fingerprint density at radius 3 is 1.55 bits per heavy atom. The molecule has 2 saturated carbocycles. The number of carbonyl (C=O) groups excluding carboxylic acids is 3. The van der Waals surface area contributed by atoms with E-state index in [9.17, 15) is 27.6 Å². The summed E-state index contributed by atoms with van der Waals surface area (Å²) in [5.74, 6) is -1.39. The fraction of sp³-hybridized carbons (Fsp3) is 0.377. The van der Waals surface area contributed by atoms with Crippen molar-refractivity contribution in [2.24, 2.45) is 11.8 Å². The van der Waals surface area contributed by atoms with Crippen LogP contribution in [0.2, 0.25) is 0 Å². The van der Waals surface area contributed by atoms with Crippen LogP contribution in [0.5, 0.6) is 0 Å². The third kappa shape index (κ3) is 15.9. The Morgan fingerprint density at radius 1 is 0.475 bits per heavy atom. The van der Waals surface area contributed by atoms with E-state index in [1.807, 2.05) is 42.7 Å². The van der Waals surface area contributed by atoms with E-state index < -0.39 is 36.4 Å². The van der Waals surface area contributed by atoms with Gasteiger partial charge in [-0.2, -0.15) is 0 Å². The van der Waals surface area contributed by atoms with Gasteiger partial charge in [-0.15, -0.1) is 0 Å². The molecule has 24 heteroatoms. The minimum atomic E-state index is -2.79. The van der Waals surface area contributed by atoms with E-state index in [1.54, 1.807) is 43.2 Å². The van der Waals surface area contributed by atoms with Crippen LogP contribution >= 0.6 is 0 Å². The van der Waals surface area contributed by atoms with Crippen LogP contribution < -0.4 is 31.9 Å². The summed E-state index contributed by atoms with van der Waals surface area (Å²) in [4.78, 5) is 89.8. The zero-order valence-electron chi connectivity index (χ0n) is 56.8. The number of halogens is 3. The average molecular weight is 1360 g/mol. The van der Waals surface area contributed by atoms with Gasteiger partial charge in [0.25, 0.3) is 5.91 Å². The van der Waals surface area contributed by atoms with Crippen LogP contribution in [-0.2, 0) is 22.4 Å². The van der Waals surface area contributed by atoms with Crippen molar-refractivity contribution in [2.75, 3.05) is 78.2 Å². The fourth-order valence-corrected chi connectivity index (χ4v) is 14.6. The SMILES string of the molecule is CC(Cc1cc(-c2cncc(NC3CCN(C(C)Cc4nc(NC(=O)c5ccc(F)cc5)cc5cc(-c6cncc(NC7CCN(C)CC7)n6)ccc45)CC3)n2)cc2cc(NC(=O)C3CC3)ncc12)N1CCC(Nc2cncc(-c3ccc4cnc(NC(=O)C5CC(F)(F)C5)cc4c3)n2)CC1. The van der Waals surface area contributed by atoms with Crippen molar-refractivity contribution in [1.29, 1.82) is 0 Å². The van der Waals surface area contributed by atoms with Crippen LogP contribution in [0.4, 0.5) is 48.1 Å². The number of likely N-dealkylation sites (tertiary alicyclic amines) is 3. The molecular formula is C77H81F3N18O3. The number of amides is 3. The molecule has 101 heavy (non-hydrogen) atoms. The molecule has 15 rings (SSSR count). The standard InChI is InChI=1S/C77H81F3N18O3/c1-45(97-22-16-60(17-23-97)87-72-43-81-39-65(90-72)49-6-7-51-37-84-68(32-52(51)28-49)94-76(101)57-35-77(79,80)36-57)26-53-30-56(31-55-33-69(85-38-63(53)55)93-74(99)47-4-5-47)67-41-83-44-73(92-67)88-61-18-24-98(25-19-61)46(2)27-64-62-13-10-50(66-40-82-42-71(91-66)86-59-14-20-96(3)21-15-59)29-54(62)34-70(89-64)95-75(100)48-8-11-58(78)12-9-48/h6-13,28-34,37-47,57,59-61H,4-5,14-27,35-36H2,1-3H3,(H,86,91)(H,87,90)(H,88,92)(H,84,94,101)(H,85,93,99)(H,89,95,100). The molecule has 518 valence electrons. The summed E-state index contributed by atoms with van der Waals surface area (Å²) in [6.07, 6.45) is 22.0. The summed E-state index contributed by atoms with van der Waals surface area (Å²) < 4.78 is 40.8. The maximum absolute atomic E-state index is 13.9. The van der Waals surface area contributed by atoms with E-state index in [-0.39, 0.29) is 41.9 Å². The Morgan fingerprint density at radius 2 is 0.970 bits per heavy atom. The van der Waals surface area contributed by atoms with Gasteiger partial charge < -0.3 is 46.6 Å². The van der Waals surface area contributed by atoms with Crippen molar-refractivity contribution in [1.82, 2.24) is 59.6 Å². The van der Waals surface area contributed by atoms with E-state index >= 15 is 0 Å². The quantitative estimate of drug-likeness (QED) is 0.0391. The maximum atomic E-state index is 13.9. The molecule has 5 fully saturated rings. The van der Waals surface area contributed by atoms with Gasteiger partial charge in [-0.3, -0.25) is 29.3 Å². The molecule has 6 aromatic heterocycles. The predicted octanol–water partition coefficient (Wildman–Crippen LogP) is 12.9. The van der Waals surface area contributed by atoms with Crippen molar-refractivity contribution < 1.29 is 27.6 Å². The minimum Gasteiger partial charge on any atom is -0.366 e. The monoisotopic (exact) mass is 1360 g/mol. The number of aromatic nitrogens is 9. The first-order valence-corrected chi connectivity index (χ1v) is 35.2. The number of rotatable bonds is 21. The van der Waals surface area contributed by atoms with Gasteiger partial charge in [0, 0.05) is 138 Å². The molecule has 0 spiro atoms. The number of piperidine rings is 3. The topological polar surface area (TPSA) is 249 Å². The number of nitrogens with zero attached hydrogens (tertiary/aromatic N) is 12.